The molecule has 0 aliphatic rings. The Morgan fingerprint density at radius 1 is 1.12 bits per heavy atom. The summed E-state index contributed by atoms with van der Waals surface area (Å²) in [5.74, 6) is 7.26. The Balaban J connectivity index is 1.73. The zero-order chi connectivity index (χ0) is 17.8. The molecule has 3 rings (SSSR count). The molecule has 0 atom stereocenters. The first-order valence-corrected chi connectivity index (χ1v) is 8.94. The van der Waals surface area contributed by atoms with Crippen molar-refractivity contribution in [2.24, 2.45) is 0 Å². The number of nitrogen functional groups attached to an aromatic ring is 1. The van der Waals surface area contributed by atoms with Crippen molar-refractivity contribution < 1.29 is 13.5 Å². The minimum atomic E-state index is -2.86. The molecule has 1 heterocycles. The van der Waals surface area contributed by atoms with Crippen molar-refractivity contribution in [1.29, 1.82) is 0 Å². The molecule has 9 heteroatoms. The van der Waals surface area contributed by atoms with Crippen LogP contribution < -0.4 is 10.6 Å². The monoisotopic (exact) mass is 426 g/mol. The maximum absolute atomic E-state index is 12.2. The molecular formula is C16H13BrF2N4OS. The van der Waals surface area contributed by atoms with E-state index in [1.165, 1.54) is 28.6 Å². The predicted molar refractivity (Wildman–Crippen MR) is 95.9 cm³/mol. The molecule has 0 saturated carbocycles. The number of hydrogen-bond acceptors (Lipinski definition) is 5. The van der Waals surface area contributed by atoms with Crippen LogP contribution in [0.1, 0.15) is 5.56 Å². The maximum Gasteiger partial charge on any atom is 0.387 e. The van der Waals surface area contributed by atoms with Gasteiger partial charge in [0.1, 0.15) is 5.75 Å². The molecule has 0 aliphatic heterocycles. The van der Waals surface area contributed by atoms with Gasteiger partial charge in [0.05, 0.1) is 0 Å². The molecule has 0 unspecified atom stereocenters. The van der Waals surface area contributed by atoms with Crippen LogP contribution in [0.3, 0.4) is 0 Å². The molecule has 130 valence electrons. The van der Waals surface area contributed by atoms with Crippen LogP contribution in [0.2, 0.25) is 0 Å². The van der Waals surface area contributed by atoms with E-state index in [1.807, 2.05) is 24.3 Å². The van der Waals surface area contributed by atoms with Crippen LogP contribution in [-0.4, -0.2) is 21.5 Å². The standard InChI is InChI=1S/C16H13BrF2N4OS/c17-13-4-2-1-3-11(13)9-25-16-22-21-14(23(16)20)10-5-7-12(8-6-10)24-15(18)19/h1-8,15H,9,20H2. The first-order chi connectivity index (χ1) is 12.0. The minimum Gasteiger partial charge on any atom is -0.435 e. The van der Waals surface area contributed by atoms with Gasteiger partial charge >= 0.3 is 6.61 Å². The SMILES string of the molecule is Nn1c(SCc2ccccc2Br)nnc1-c1ccc(OC(F)F)cc1. The highest BCUT2D eigenvalue weighted by Crippen LogP contribution is 2.28. The van der Waals surface area contributed by atoms with E-state index < -0.39 is 6.61 Å². The van der Waals surface area contributed by atoms with Gasteiger partial charge < -0.3 is 10.6 Å². The third-order valence-electron chi connectivity index (χ3n) is 3.32. The molecule has 5 nitrogen and oxygen atoms in total. The summed E-state index contributed by atoms with van der Waals surface area (Å²) in [5.41, 5.74) is 1.77. The van der Waals surface area contributed by atoms with Crippen molar-refractivity contribution in [2.75, 3.05) is 5.84 Å². The molecule has 1 aromatic heterocycles. The molecule has 0 aliphatic carbocycles. The lowest BCUT2D eigenvalue weighted by molar-refractivity contribution is -0.0498. The molecule has 2 aromatic carbocycles. The van der Waals surface area contributed by atoms with Gasteiger partial charge in [-0.2, -0.15) is 8.78 Å². The third-order valence-corrected chi connectivity index (χ3v) is 5.08. The summed E-state index contributed by atoms with van der Waals surface area (Å²) in [6.07, 6.45) is 0. The summed E-state index contributed by atoms with van der Waals surface area (Å²) < 4.78 is 31.1. The Hall–Kier alpha value is -2.13. The zero-order valence-electron chi connectivity index (χ0n) is 12.8. The smallest absolute Gasteiger partial charge is 0.387 e. The summed E-state index contributed by atoms with van der Waals surface area (Å²) in [7, 11) is 0. The predicted octanol–water partition coefficient (Wildman–Crippen LogP) is 4.32. The summed E-state index contributed by atoms with van der Waals surface area (Å²) in [6, 6.07) is 14.0. The van der Waals surface area contributed by atoms with Crippen molar-refractivity contribution >= 4 is 27.7 Å². The lowest BCUT2D eigenvalue weighted by atomic mass is 10.2. The van der Waals surface area contributed by atoms with Gasteiger partial charge in [-0.1, -0.05) is 45.9 Å². The van der Waals surface area contributed by atoms with Gasteiger partial charge in [0.25, 0.3) is 0 Å². The van der Waals surface area contributed by atoms with Crippen molar-refractivity contribution in [1.82, 2.24) is 14.9 Å². The number of nitrogens with two attached hydrogens (primary N) is 1. The van der Waals surface area contributed by atoms with E-state index in [2.05, 4.69) is 30.9 Å². The van der Waals surface area contributed by atoms with Gasteiger partial charge in [-0.3, -0.25) is 0 Å². The third kappa shape index (κ3) is 4.29. The number of benzene rings is 2. The molecule has 0 bridgehead atoms. The Labute approximate surface area is 155 Å². The van der Waals surface area contributed by atoms with E-state index in [4.69, 9.17) is 5.84 Å². The number of alkyl halides is 2. The average molecular weight is 427 g/mol. The normalized spacial score (nSPS) is 11.0. The molecular weight excluding hydrogens is 414 g/mol. The van der Waals surface area contributed by atoms with E-state index in [-0.39, 0.29) is 5.75 Å². The van der Waals surface area contributed by atoms with Crippen molar-refractivity contribution in [3.8, 4) is 17.1 Å². The van der Waals surface area contributed by atoms with E-state index in [9.17, 15) is 8.78 Å². The van der Waals surface area contributed by atoms with Gasteiger partial charge in [-0.05, 0) is 35.9 Å². The first-order valence-electron chi connectivity index (χ1n) is 7.16. The number of nitrogens with zero attached hydrogens (tertiary/aromatic N) is 3. The van der Waals surface area contributed by atoms with Gasteiger partial charge in [-0.25, -0.2) is 4.68 Å². The lowest BCUT2D eigenvalue weighted by Crippen LogP contribution is -2.11. The second kappa shape index (κ2) is 7.83. The quantitative estimate of drug-likeness (QED) is 0.469. The Kier molecular flexibility index (Phi) is 5.54. The molecule has 0 radical (unpaired) electrons. The van der Waals surface area contributed by atoms with E-state index in [1.54, 1.807) is 12.1 Å². The number of ether oxygens (including phenoxy) is 1. The highest BCUT2D eigenvalue weighted by atomic mass is 79.9. The van der Waals surface area contributed by atoms with E-state index in [0.29, 0.717) is 22.3 Å². The summed E-state index contributed by atoms with van der Waals surface area (Å²) in [6.45, 7) is -2.86. The fourth-order valence-corrected chi connectivity index (χ4v) is 3.59. The molecule has 0 saturated heterocycles. The molecule has 25 heavy (non-hydrogen) atoms. The van der Waals surface area contributed by atoms with Crippen LogP contribution in [0, 0.1) is 0 Å². The second-order valence-electron chi connectivity index (χ2n) is 4.96. The fourth-order valence-electron chi connectivity index (χ4n) is 2.12. The average Bonchev–Trinajstić information content (AvgIpc) is 2.95. The Bertz CT molecular complexity index is 858. The van der Waals surface area contributed by atoms with Crippen LogP contribution in [0.25, 0.3) is 11.4 Å². The topological polar surface area (TPSA) is 66.0 Å². The van der Waals surface area contributed by atoms with Gasteiger partial charge in [0.2, 0.25) is 5.16 Å². The van der Waals surface area contributed by atoms with Crippen molar-refractivity contribution in [3.63, 3.8) is 0 Å². The minimum absolute atomic E-state index is 0.0744. The van der Waals surface area contributed by atoms with Gasteiger partial charge in [0.15, 0.2) is 5.82 Å². The Morgan fingerprint density at radius 3 is 2.52 bits per heavy atom. The van der Waals surface area contributed by atoms with Crippen molar-refractivity contribution in [3.05, 3.63) is 58.6 Å². The summed E-state index contributed by atoms with van der Waals surface area (Å²) >= 11 is 4.95. The highest BCUT2D eigenvalue weighted by Gasteiger charge is 2.13. The number of halogens is 3. The fraction of sp³-hybridized carbons (Fsp3) is 0.125. The maximum atomic E-state index is 12.2. The zero-order valence-corrected chi connectivity index (χ0v) is 15.2. The number of rotatable bonds is 6. The molecule has 3 aromatic rings. The van der Waals surface area contributed by atoms with Crippen molar-refractivity contribution in [2.45, 2.75) is 17.5 Å². The van der Waals surface area contributed by atoms with Crippen LogP contribution in [0.4, 0.5) is 8.78 Å². The molecule has 0 amide bonds. The number of hydrogen-bond donors (Lipinski definition) is 1. The summed E-state index contributed by atoms with van der Waals surface area (Å²) in [5, 5.41) is 8.72. The van der Waals surface area contributed by atoms with Gasteiger partial charge in [-0.15, -0.1) is 10.2 Å². The largest absolute Gasteiger partial charge is 0.435 e. The first kappa shape index (κ1) is 17.7. The Morgan fingerprint density at radius 2 is 1.84 bits per heavy atom. The van der Waals surface area contributed by atoms with Gasteiger partial charge in [0, 0.05) is 15.8 Å². The van der Waals surface area contributed by atoms with Crippen LogP contribution in [-0.2, 0) is 5.75 Å². The number of aromatic nitrogens is 3. The second-order valence-corrected chi connectivity index (χ2v) is 6.76. The van der Waals surface area contributed by atoms with E-state index >= 15 is 0 Å². The lowest BCUT2D eigenvalue weighted by Gasteiger charge is -2.06. The number of thioether (sulfide) groups is 1. The summed E-state index contributed by atoms with van der Waals surface area (Å²) in [4.78, 5) is 0. The molecule has 0 fully saturated rings. The van der Waals surface area contributed by atoms with Crippen LogP contribution in [0.5, 0.6) is 5.75 Å². The van der Waals surface area contributed by atoms with Crippen LogP contribution in [0.15, 0.2) is 58.2 Å². The van der Waals surface area contributed by atoms with E-state index in [0.717, 1.165) is 10.0 Å². The molecule has 2 N–H and O–H groups in total. The molecule has 0 spiro atoms. The highest BCUT2D eigenvalue weighted by molar-refractivity contribution is 9.10. The van der Waals surface area contributed by atoms with Crippen LogP contribution >= 0.6 is 27.7 Å².